The van der Waals surface area contributed by atoms with Crippen LogP contribution in [0.1, 0.15) is 20.8 Å². The number of carbonyl (C=O) groups is 2. The summed E-state index contributed by atoms with van der Waals surface area (Å²) in [5.41, 5.74) is 1.05. The molecule has 1 fully saturated rings. The van der Waals surface area contributed by atoms with Crippen molar-refractivity contribution in [3.05, 3.63) is 52.8 Å². The Balaban J connectivity index is 1.76. The minimum Gasteiger partial charge on any atom is -0.495 e. The number of piperazine rings is 1. The van der Waals surface area contributed by atoms with Crippen molar-refractivity contribution in [2.45, 2.75) is 0 Å². The average Bonchev–Trinajstić information content (AvgIpc) is 2.68. The highest BCUT2D eigenvalue weighted by molar-refractivity contribution is 6.31. The fourth-order valence-corrected chi connectivity index (χ4v) is 3.00. The van der Waals surface area contributed by atoms with E-state index in [0.717, 1.165) is 13.1 Å². The van der Waals surface area contributed by atoms with Gasteiger partial charge in [0.1, 0.15) is 11.4 Å². The molecule has 0 radical (unpaired) electrons. The van der Waals surface area contributed by atoms with Crippen molar-refractivity contribution in [1.82, 2.24) is 14.8 Å². The number of aromatic nitrogens is 1. The van der Waals surface area contributed by atoms with Gasteiger partial charge in [-0.15, -0.1) is 0 Å². The first kappa shape index (κ1) is 19.1. The molecular weight excluding hydrogens is 368 g/mol. The zero-order chi connectivity index (χ0) is 19.4. The van der Waals surface area contributed by atoms with Crippen LogP contribution in [0.25, 0.3) is 0 Å². The topological polar surface area (TPSA) is 74.8 Å². The van der Waals surface area contributed by atoms with Crippen molar-refractivity contribution in [1.29, 1.82) is 0 Å². The van der Waals surface area contributed by atoms with E-state index in [1.54, 1.807) is 29.2 Å². The maximum Gasteiger partial charge on any atom is 0.272 e. The Morgan fingerprint density at radius 2 is 1.89 bits per heavy atom. The summed E-state index contributed by atoms with van der Waals surface area (Å²) in [6, 6.07) is 8.03. The minimum atomic E-state index is -0.370. The zero-order valence-electron chi connectivity index (χ0n) is 15.2. The van der Waals surface area contributed by atoms with Gasteiger partial charge in [0.2, 0.25) is 0 Å². The maximum atomic E-state index is 12.7. The Kier molecular flexibility index (Phi) is 5.93. The number of ether oxygens (including phenoxy) is 1. The standard InChI is InChI=1S/C19H21ClN4O3/c1-23-7-9-24(10-8-23)19(26)16-11-13(5-6-21-16)18(25)22-15-12-14(20)3-4-17(15)27-2/h3-6,11-12H,7-10H2,1-2H3,(H,22,25). The van der Waals surface area contributed by atoms with Gasteiger partial charge in [-0.05, 0) is 37.4 Å². The molecule has 2 amide bonds. The molecule has 3 rings (SSSR count). The van der Waals surface area contributed by atoms with Gasteiger partial charge in [-0.1, -0.05) is 11.6 Å². The Bertz CT molecular complexity index is 851. The first-order chi connectivity index (χ1) is 13.0. The van der Waals surface area contributed by atoms with Gasteiger partial charge in [0.05, 0.1) is 12.8 Å². The Labute approximate surface area is 162 Å². The largest absolute Gasteiger partial charge is 0.495 e. The van der Waals surface area contributed by atoms with Gasteiger partial charge in [-0.2, -0.15) is 0 Å². The van der Waals surface area contributed by atoms with Crippen molar-refractivity contribution < 1.29 is 14.3 Å². The summed E-state index contributed by atoms with van der Waals surface area (Å²) in [6.07, 6.45) is 1.47. The van der Waals surface area contributed by atoms with Crippen molar-refractivity contribution in [3.63, 3.8) is 0 Å². The van der Waals surface area contributed by atoms with Crippen LogP contribution in [0, 0.1) is 0 Å². The lowest BCUT2D eigenvalue weighted by Gasteiger charge is -2.32. The Hall–Kier alpha value is -2.64. The van der Waals surface area contributed by atoms with E-state index in [9.17, 15) is 9.59 Å². The highest BCUT2D eigenvalue weighted by Crippen LogP contribution is 2.28. The van der Waals surface area contributed by atoms with E-state index in [1.807, 2.05) is 7.05 Å². The first-order valence-corrected chi connectivity index (χ1v) is 8.94. The molecule has 8 heteroatoms. The van der Waals surface area contributed by atoms with E-state index in [-0.39, 0.29) is 17.5 Å². The van der Waals surface area contributed by atoms with Crippen LogP contribution < -0.4 is 10.1 Å². The number of carbonyl (C=O) groups excluding carboxylic acids is 2. The van der Waals surface area contributed by atoms with Crippen molar-refractivity contribution >= 4 is 29.1 Å². The van der Waals surface area contributed by atoms with Crippen LogP contribution in [0.2, 0.25) is 5.02 Å². The second-order valence-electron chi connectivity index (χ2n) is 6.32. The van der Waals surface area contributed by atoms with E-state index in [4.69, 9.17) is 16.3 Å². The fourth-order valence-electron chi connectivity index (χ4n) is 2.83. The summed E-state index contributed by atoms with van der Waals surface area (Å²) in [5, 5.41) is 3.24. The average molecular weight is 389 g/mol. The second-order valence-corrected chi connectivity index (χ2v) is 6.76. The van der Waals surface area contributed by atoms with Crippen LogP contribution in [-0.2, 0) is 0 Å². The molecule has 1 aliphatic heterocycles. The minimum absolute atomic E-state index is 0.168. The van der Waals surface area contributed by atoms with Crippen LogP contribution >= 0.6 is 11.6 Å². The number of nitrogens with zero attached hydrogens (tertiary/aromatic N) is 3. The number of methoxy groups -OCH3 is 1. The van der Waals surface area contributed by atoms with Gasteiger partial charge in [-0.25, -0.2) is 0 Å². The molecule has 142 valence electrons. The normalized spacial score (nSPS) is 14.7. The third-order valence-corrected chi connectivity index (χ3v) is 4.68. The summed E-state index contributed by atoms with van der Waals surface area (Å²) in [5.74, 6) is -0.0426. The van der Waals surface area contributed by atoms with Gasteiger partial charge in [0.15, 0.2) is 0 Å². The highest BCUT2D eigenvalue weighted by atomic mass is 35.5. The van der Waals surface area contributed by atoms with Crippen LogP contribution in [0.4, 0.5) is 5.69 Å². The number of amides is 2. The number of likely N-dealkylation sites (N-methyl/N-ethyl adjacent to an activating group) is 1. The van der Waals surface area contributed by atoms with Crippen LogP contribution in [-0.4, -0.2) is 66.9 Å². The van der Waals surface area contributed by atoms with Gasteiger partial charge in [-0.3, -0.25) is 14.6 Å². The third-order valence-electron chi connectivity index (χ3n) is 4.44. The third kappa shape index (κ3) is 4.56. The number of rotatable bonds is 4. The van der Waals surface area contributed by atoms with Gasteiger partial charge in [0, 0.05) is 43.0 Å². The predicted octanol–water partition coefficient (Wildman–Crippen LogP) is 2.38. The smallest absolute Gasteiger partial charge is 0.272 e. The summed E-state index contributed by atoms with van der Waals surface area (Å²) in [7, 11) is 3.54. The van der Waals surface area contributed by atoms with E-state index in [2.05, 4.69) is 15.2 Å². The number of pyridine rings is 1. The molecule has 2 aromatic rings. The van der Waals surface area contributed by atoms with E-state index in [0.29, 0.717) is 35.1 Å². The molecule has 27 heavy (non-hydrogen) atoms. The number of benzene rings is 1. The molecule has 2 heterocycles. The first-order valence-electron chi connectivity index (χ1n) is 8.56. The monoisotopic (exact) mass is 388 g/mol. The quantitative estimate of drug-likeness (QED) is 0.870. The van der Waals surface area contributed by atoms with Crippen molar-refractivity contribution in [2.24, 2.45) is 0 Å². The molecule has 0 bridgehead atoms. The van der Waals surface area contributed by atoms with Crippen LogP contribution in [0.15, 0.2) is 36.5 Å². The molecule has 1 aromatic heterocycles. The highest BCUT2D eigenvalue weighted by Gasteiger charge is 2.22. The number of nitrogens with one attached hydrogen (secondary N) is 1. The van der Waals surface area contributed by atoms with E-state index < -0.39 is 0 Å². The molecular formula is C19H21ClN4O3. The predicted molar refractivity (Wildman–Crippen MR) is 104 cm³/mol. The number of anilines is 1. The summed E-state index contributed by atoms with van der Waals surface area (Å²) in [6.45, 7) is 2.93. The lowest BCUT2D eigenvalue weighted by molar-refractivity contribution is 0.0658. The Morgan fingerprint density at radius 3 is 2.59 bits per heavy atom. The molecule has 0 atom stereocenters. The summed E-state index contributed by atoms with van der Waals surface area (Å²) in [4.78, 5) is 33.3. The molecule has 1 saturated heterocycles. The molecule has 1 aliphatic rings. The van der Waals surface area contributed by atoms with Gasteiger partial charge in [0.25, 0.3) is 11.8 Å². The molecule has 0 unspecified atom stereocenters. The summed E-state index contributed by atoms with van der Waals surface area (Å²) >= 11 is 6.00. The SMILES string of the molecule is COc1ccc(Cl)cc1NC(=O)c1ccnc(C(=O)N2CCN(C)CC2)c1. The molecule has 0 aliphatic carbocycles. The van der Waals surface area contributed by atoms with Crippen molar-refractivity contribution in [2.75, 3.05) is 45.7 Å². The fraction of sp³-hybridized carbons (Fsp3) is 0.316. The van der Waals surface area contributed by atoms with Crippen LogP contribution in [0.3, 0.4) is 0 Å². The Morgan fingerprint density at radius 1 is 1.15 bits per heavy atom. The van der Waals surface area contributed by atoms with E-state index in [1.165, 1.54) is 19.4 Å². The van der Waals surface area contributed by atoms with Gasteiger partial charge >= 0.3 is 0 Å². The molecule has 1 N–H and O–H groups in total. The lowest BCUT2D eigenvalue weighted by atomic mass is 10.2. The van der Waals surface area contributed by atoms with Gasteiger partial charge < -0.3 is 19.9 Å². The lowest BCUT2D eigenvalue weighted by Crippen LogP contribution is -2.47. The van der Waals surface area contributed by atoms with E-state index >= 15 is 0 Å². The number of hydrogen-bond acceptors (Lipinski definition) is 5. The number of hydrogen-bond donors (Lipinski definition) is 1. The maximum absolute atomic E-state index is 12.7. The summed E-state index contributed by atoms with van der Waals surface area (Å²) < 4.78 is 5.24. The zero-order valence-corrected chi connectivity index (χ0v) is 16.0. The molecule has 0 spiro atoms. The van der Waals surface area contributed by atoms with Crippen molar-refractivity contribution in [3.8, 4) is 5.75 Å². The molecule has 7 nitrogen and oxygen atoms in total. The van der Waals surface area contributed by atoms with Crippen LogP contribution in [0.5, 0.6) is 5.75 Å². The second kappa shape index (κ2) is 8.37. The molecule has 1 aromatic carbocycles. The number of halogens is 1. The molecule has 0 saturated carbocycles.